The highest BCUT2D eigenvalue weighted by atomic mass is 32.1. The lowest BCUT2D eigenvalue weighted by Gasteiger charge is -2.20. The first kappa shape index (κ1) is 16.4. The second kappa shape index (κ2) is 7.35. The zero-order valence-electron chi connectivity index (χ0n) is 13.4. The Balaban J connectivity index is 2.25. The van der Waals surface area contributed by atoms with Gasteiger partial charge in [0.25, 0.3) is 0 Å². The third-order valence-corrected chi connectivity index (χ3v) is 4.13. The number of hydrogen-bond donors (Lipinski definition) is 0. The number of carbonyl (C=O) groups excluding carboxylic acids is 1. The van der Waals surface area contributed by atoms with Crippen molar-refractivity contribution >= 4 is 22.4 Å². The maximum Gasteiger partial charge on any atom is 0.228 e. The van der Waals surface area contributed by atoms with Crippen molar-refractivity contribution in [3.63, 3.8) is 0 Å². The third kappa shape index (κ3) is 3.82. The number of rotatable bonds is 6. The van der Waals surface area contributed by atoms with E-state index in [-0.39, 0.29) is 5.91 Å². The Labute approximate surface area is 134 Å². The molecule has 0 unspecified atom stereocenters. The van der Waals surface area contributed by atoms with Crippen molar-refractivity contribution in [1.82, 2.24) is 10.2 Å². The lowest BCUT2D eigenvalue weighted by molar-refractivity contribution is -0.118. The van der Waals surface area contributed by atoms with Gasteiger partial charge in [-0.3, -0.25) is 9.69 Å². The van der Waals surface area contributed by atoms with Gasteiger partial charge in [-0.1, -0.05) is 32.1 Å². The summed E-state index contributed by atoms with van der Waals surface area (Å²) in [6, 6.07) is 7.66. The van der Waals surface area contributed by atoms with Crippen LogP contribution < -0.4 is 9.64 Å². The number of carbonyl (C=O) groups is 1. The van der Waals surface area contributed by atoms with E-state index < -0.39 is 0 Å². The average molecular weight is 319 g/mol. The number of aromatic nitrogens is 2. The van der Waals surface area contributed by atoms with E-state index in [2.05, 4.69) is 24.0 Å². The number of anilines is 1. The molecule has 118 valence electrons. The van der Waals surface area contributed by atoms with E-state index in [0.717, 1.165) is 16.3 Å². The molecule has 1 aromatic carbocycles. The molecule has 2 aromatic rings. The predicted octanol–water partition coefficient (Wildman–Crippen LogP) is 3.61. The number of nitrogens with zero attached hydrogens (tertiary/aromatic N) is 3. The molecule has 0 bridgehead atoms. The fourth-order valence-corrected chi connectivity index (χ4v) is 2.89. The van der Waals surface area contributed by atoms with Crippen molar-refractivity contribution in [2.24, 2.45) is 5.92 Å². The van der Waals surface area contributed by atoms with Crippen LogP contribution in [-0.2, 0) is 4.79 Å². The first-order valence-corrected chi connectivity index (χ1v) is 8.15. The Bertz CT molecular complexity index is 623. The van der Waals surface area contributed by atoms with E-state index in [9.17, 15) is 4.79 Å². The van der Waals surface area contributed by atoms with Gasteiger partial charge in [-0.15, -0.1) is 10.2 Å². The molecular weight excluding hydrogens is 298 g/mol. The van der Waals surface area contributed by atoms with Crippen LogP contribution in [0.15, 0.2) is 24.3 Å². The van der Waals surface area contributed by atoms with Gasteiger partial charge in [-0.2, -0.15) is 0 Å². The highest BCUT2D eigenvalue weighted by molar-refractivity contribution is 7.18. The molecule has 2 rings (SSSR count). The third-order valence-electron chi connectivity index (χ3n) is 3.13. The zero-order valence-corrected chi connectivity index (χ0v) is 14.2. The second-order valence-corrected chi connectivity index (χ2v) is 6.33. The van der Waals surface area contributed by atoms with Gasteiger partial charge in [0.2, 0.25) is 11.0 Å². The van der Waals surface area contributed by atoms with E-state index in [0.29, 0.717) is 24.0 Å². The molecule has 0 saturated carbocycles. The van der Waals surface area contributed by atoms with Crippen molar-refractivity contribution < 1.29 is 9.53 Å². The topological polar surface area (TPSA) is 55.3 Å². The molecule has 0 N–H and O–H groups in total. The quantitative estimate of drug-likeness (QED) is 0.816. The van der Waals surface area contributed by atoms with Crippen LogP contribution in [0.4, 0.5) is 5.13 Å². The molecule has 5 nitrogen and oxygen atoms in total. The minimum Gasteiger partial charge on any atom is -0.497 e. The number of amides is 1. The van der Waals surface area contributed by atoms with Gasteiger partial charge < -0.3 is 4.74 Å². The maximum atomic E-state index is 12.1. The van der Waals surface area contributed by atoms with Crippen LogP contribution in [0.1, 0.15) is 27.2 Å². The first-order chi connectivity index (χ1) is 10.5. The normalized spacial score (nSPS) is 10.8. The van der Waals surface area contributed by atoms with E-state index in [4.69, 9.17) is 4.74 Å². The molecule has 1 heterocycles. The molecule has 0 aliphatic heterocycles. The minimum absolute atomic E-state index is 0.0751. The van der Waals surface area contributed by atoms with E-state index >= 15 is 0 Å². The van der Waals surface area contributed by atoms with Crippen LogP contribution >= 0.6 is 11.3 Å². The van der Waals surface area contributed by atoms with Crippen molar-refractivity contribution in [1.29, 1.82) is 0 Å². The monoisotopic (exact) mass is 319 g/mol. The fraction of sp³-hybridized carbons (Fsp3) is 0.438. The Morgan fingerprint density at radius 3 is 2.50 bits per heavy atom. The summed E-state index contributed by atoms with van der Waals surface area (Å²) in [6.07, 6.45) is 0.462. The number of hydrogen-bond acceptors (Lipinski definition) is 5. The Morgan fingerprint density at radius 1 is 1.27 bits per heavy atom. The molecule has 0 atom stereocenters. The summed E-state index contributed by atoms with van der Waals surface area (Å²) in [5, 5.41) is 9.88. The highest BCUT2D eigenvalue weighted by Crippen LogP contribution is 2.30. The lowest BCUT2D eigenvalue weighted by Crippen LogP contribution is -2.33. The van der Waals surface area contributed by atoms with Gasteiger partial charge in [0, 0.05) is 18.5 Å². The standard InChI is InChI=1S/C16H21N3O2S/c1-5-14(20)19(10-11(2)3)16-18-17-15(22-16)12-6-8-13(21-4)9-7-12/h6-9,11H,5,10H2,1-4H3. The van der Waals surface area contributed by atoms with Crippen molar-refractivity contribution in [3.05, 3.63) is 24.3 Å². The second-order valence-electron chi connectivity index (χ2n) is 5.37. The SMILES string of the molecule is CCC(=O)N(CC(C)C)c1nnc(-c2ccc(OC)cc2)s1. The molecule has 0 radical (unpaired) electrons. The summed E-state index contributed by atoms with van der Waals surface area (Å²) in [5.74, 6) is 1.26. The minimum atomic E-state index is 0.0751. The van der Waals surface area contributed by atoms with Crippen molar-refractivity contribution in [2.45, 2.75) is 27.2 Å². The van der Waals surface area contributed by atoms with Crippen LogP contribution in [-0.4, -0.2) is 29.8 Å². The molecule has 22 heavy (non-hydrogen) atoms. The van der Waals surface area contributed by atoms with Gasteiger partial charge in [0.1, 0.15) is 10.8 Å². The van der Waals surface area contributed by atoms with Crippen molar-refractivity contribution in [2.75, 3.05) is 18.6 Å². The number of ether oxygens (including phenoxy) is 1. The Hall–Kier alpha value is -1.95. The first-order valence-electron chi connectivity index (χ1n) is 7.33. The molecular formula is C16H21N3O2S. The van der Waals surface area contributed by atoms with Crippen LogP contribution in [0.5, 0.6) is 5.75 Å². The Morgan fingerprint density at radius 2 is 1.95 bits per heavy atom. The highest BCUT2D eigenvalue weighted by Gasteiger charge is 2.20. The summed E-state index contributed by atoms with van der Waals surface area (Å²) in [5.41, 5.74) is 0.970. The van der Waals surface area contributed by atoms with Crippen LogP contribution in [0.25, 0.3) is 10.6 Å². The van der Waals surface area contributed by atoms with E-state index in [1.807, 2.05) is 31.2 Å². The molecule has 6 heteroatoms. The number of benzene rings is 1. The zero-order chi connectivity index (χ0) is 16.1. The van der Waals surface area contributed by atoms with Crippen LogP contribution in [0, 0.1) is 5.92 Å². The van der Waals surface area contributed by atoms with E-state index in [1.54, 1.807) is 12.0 Å². The average Bonchev–Trinajstić information content (AvgIpc) is 3.01. The molecule has 1 aromatic heterocycles. The van der Waals surface area contributed by atoms with Gasteiger partial charge in [-0.25, -0.2) is 0 Å². The van der Waals surface area contributed by atoms with Crippen molar-refractivity contribution in [3.8, 4) is 16.3 Å². The maximum absolute atomic E-state index is 12.1. The predicted molar refractivity (Wildman–Crippen MR) is 89.4 cm³/mol. The van der Waals surface area contributed by atoms with Crippen LogP contribution in [0.3, 0.4) is 0 Å². The molecule has 0 aliphatic rings. The van der Waals surface area contributed by atoms with E-state index in [1.165, 1.54) is 11.3 Å². The summed E-state index contributed by atoms with van der Waals surface area (Å²) >= 11 is 1.44. The summed E-state index contributed by atoms with van der Waals surface area (Å²) in [4.78, 5) is 13.9. The lowest BCUT2D eigenvalue weighted by atomic mass is 10.2. The summed E-state index contributed by atoms with van der Waals surface area (Å²) in [7, 11) is 1.64. The molecule has 0 aliphatic carbocycles. The fourth-order valence-electron chi connectivity index (χ4n) is 2.02. The Kier molecular flexibility index (Phi) is 5.49. The van der Waals surface area contributed by atoms with Crippen LogP contribution in [0.2, 0.25) is 0 Å². The largest absolute Gasteiger partial charge is 0.497 e. The van der Waals surface area contributed by atoms with Gasteiger partial charge in [-0.05, 0) is 30.2 Å². The molecule has 0 saturated heterocycles. The summed E-state index contributed by atoms with van der Waals surface area (Å²) in [6.45, 7) is 6.69. The van der Waals surface area contributed by atoms with Gasteiger partial charge in [0.05, 0.1) is 7.11 Å². The molecule has 0 fully saturated rings. The smallest absolute Gasteiger partial charge is 0.228 e. The molecule has 0 spiro atoms. The van der Waals surface area contributed by atoms with Gasteiger partial charge >= 0.3 is 0 Å². The molecule has 1 amide bonds. The van der Waals surface area contributed by atoms with Gasteiger partial charge in [0.15, 0.2) is 0 Å². The summed E-state index contributed by atoms with van der Waals surface area (Å²) < 4.78 is 5.15. The number of methoxy groups -OCH3 is 1.